The van der Waals surface area contributed by atoms with Gasteiger partial charge in [-0.25, -0.2) is 0 Å². The molecule has 32 heavy (non-hydrogen) atoms. The Morgan fingerprint density at radius 3 is 2.47 bits per heavy atom. The Kier molecular flexibility index (Phi) is 7.72. The van der Waals surface area contributed by atoms with Crippen LogP contribution >= 0.6 is 0 Å². The van der Waals surface area contributed by atoms with Crippen LogP contribution in [0.3, 0.4) is 0 Å². The summed E-state index contributed by atoms with van der Waals surface area (Å²) in [7, 11) is 0. The zero-order valence-electron chi connectivity index (χ0n) is 20.4. The van der Waals surface area contributed by atoms with Crippen LogP contribution in [0.1, 0.15) is 81.6 Å². The summed E-state index contributed by atoms with van der Waals surface area (Å²) in [6.45, 7) is 12.7. The van der Waals surface area contributed by atoms with E-state index in [-0.39, 0.29) is 5.91 Å². The molecule has 2 heterocycles. The van der Waals surface area contributed by atoms with Gasteiger partial charge >= 0.3 is 0 Å². The number of allylic oxidation sites excluding steroid dienone is 3. The van der Waals surface area contributed by atoms with Crippen molar-refractivity contribution in [2.45, 2.75) is 78.3 Å². The summed E-state index contributed by atoms with van der Waals surface area (Å²) in [5, 5.41) is 0. The molecule has 4 rings (SSSR count). The topological polar surface area (TPSA) is 26.8 Å². The van der Waals surface area contributed by atoms with Gasteiger partial charge in [0, 0.05) is 56.6 Å². The van der Waals surface area contributed by atoms with Crippen molar-refractivity contribution in [3.63, 3.8) is 0 Å². The Morgan fingerprint density at radius 1 is 1.00 bits per heavy atom. The molecule has 0 aromatic heterocycles. The fourth-order valence-electron chi connectivity index (χ4n) is 5.36. The number of fused-ring (bicyclic) bond motifs is 1. The largest absolute Gasteiger partial charge is 0.369 e. The summed E-state index contributed by atoms with van der Waals surface area (Å²) >= 11 is 0. The molecule has 0 unspecified atom stereocenters. The van der Waals surface area contributed by atoms with Gasteiger partial charge < -0.3 is 9.80 Å². The summed E-state index contributed by atoms with van der Waals surface area (Å²) in [6, 6.07) is 7.06. The van der Waals surface area contributed by atoms with E-state index >= 15 is 0 Å². The zero-order chi connectivity index (χ0) is 22.5. The molecule has 0 spiro atoms. The van der Waals surface area contributed by atoms with E-state index in [0.29, 0.717) is 6.04 Å². The van der Waals surface area contributed by atoms with Gasteiger partial charge in [-0.2, -0.15) is 0 Å². The lowest BCUT2D eigenvalue weighted by atomic mass is 9.94. The van der Waals surface area contributed by atoms with Gasteiger partial charge in [-0.3, -0.25) is 9.69 Å². The second-order valence-electron chi connectivity index (χ2n) is 10.2. The highest BCUT2D eigenvalue weighted by molar-refractivity contribution is 5.99. The first-order valence-electron chi connectivity index (χ1n) is 12.7. The fourth-order valence-corrected chi connectivity index (χ4v) is 5.36. The number of hydrogen-bond donors (Lipinski definition) is 0. The van der Waals surface area contributed by atoms with Crippen LogP contribution in [0.25, 0.3) is 0 Å². The predicted molar refractivity (Wildman–Crippen MR) is 134 cm³/mol. The number of amides is 1. The van der Waals surface area contributed by atoms with Crippen molar-refractivity contribution < 1.29 is 4.79 Å². The minimum Gasteiger partial charge on any atom is -0.369 e. The summed E-state index contributed by atoms with van der Waals surface area (Å²) in [4.78, 5) is 20.3. The number of rotatable bonds is 7. The highest BCUT2D eigenvalue weighted by Crippen LogP contribution is 2.33. The minimum absolute atomic E-state index is 0.265. The number of piperazine rings is 1. The molecule has 1 saturated carbocycles. The minimum atomic E-state index is 0.265. The lowest BCUT2D eigenvalue weighted by molar-refractivity contribution is 0.0660. The molecule has 1 aromatic carbocycles. The molecule has 0 N–H and O–H groups in total. The average Bonchev–Trinajstić information content (AvgIpc) is 3.14. The Hall–Kier alpha value is -2.07. The van der Waals surface area contributed by atoms with Crippen LogP contribution in [0.4, 0.5) is 5.69 Å². The van der Waals surface area contributed by atoms with Gasteiger partial charge in [0.1, 0.15) is 0 Å². The normalized spacial score (nSPS) is 20.6. The summed E-state index contributed by atoms with van der Waals surface area (Å²) < 4.78 is 0. The third kappa shape index (κ3) is 5.64. The number of anilines is 1. The molecule has 2 fully saturated rings. The molecular weight excluding hydrogens is 394 g/mol. The van der Waals surface area contributed by atoms with Crippen molar-refractivity contribution >= 4 is 11.6 Å². The number of carbonyl (C=O) groups excluding carboxylic acids is 1. The van der Waals surface area contributed by atoms with Crippen molar-refractivity contribution in [3.8, 4) is 0 Å². The van der Waals surface area contributed by atoms with Crippen LogP contribution < -0.4 is 4.90 Å². The van der Waals surface area contributed by atoms with Crippen LogP contribution in [0.15, 0.2) is 41.5 Å². The summed E-state index contributed by atoms with van der Waals surface area (Å²) in [6.07, 6.45) is 13.3. The number of nitrogens with zero attached hydrogens (tertiary/aromatic N) is 3. The SMILES string of the molecule is CC(C)=CCCC(C)=CCN1CCN(c2ccc3c(c2)C(=O)N(C2CCCCC2)C3)CC1. The monoisotopic (exact) mass is 435 g/mol. The van der Waals surface area contributed by atoms with E-state index in [1.165, 1.54) is 54.5 Å². The van der Waals surface area contributed by atoms with E-state index in [1.807, 2.05) is 0 Å². The van der Waals surface area contributed by atoms with Gasteiger partial charge in [-0.15, -0.1) is 0 Å². The van der Waals surface area contributed by atoms with E-state index < -0.39 is 0 Å². The molecule has 3 aliphatic rings. The van der Waals surface area contributed by atoms with Gasteiger partial charge in [0.15, 0.2) is 0 Å². The van der Waals surface area contributed by atoms with Crippen molar-refractivity contribution in [1.29, 1.82) is 0 Å². The number of carbonyl (C=O) groups is 1. The highest BCUT2D eigenvalue weighted by atomic mass is 16.2. The zero-order valence-corrected chi connectivity index (χ0v) is 20.4. The molecule has 1 aliphatic carbocycles. The molecule has 2 aliphatic heterocycles. The van der Waals surface area contributed by atoms with E-state index in [0.717, 1.165) is 57.7 Å². The maximum atomic E-state index is 13.1. The number of hydrogen-bond acceptors (Lipinski definition) is 3. The van der Waals surface area contributed by atoms with E-state index in [1.54, 1.807) is 0 Å². The number of benzene rings is 1. The lowest BCUT2D eigenvalue weighted by Gasteiger charge is -2.36. The molecule has 0 atom stereocenters. The van der Waals surface area contributed by atoms with Gasteiger partial charge in [0.2, 0.25) is 0 Å². The Bertz CT molecular complexity index is 853. The maximum absolute atomic E-state index is 13.1. The van der Waals surface area contributed by atoms with Crippen molar-refractivity contribution in [1.82, 2.24) is 9.80 Å². The summed E-state index contributed by atoms with van der Waals surface area (Å²) in [5.41, 5.74) is 6.28. The first kappa shape index (κ1) is 23.1. The second kappa shape index (κ2) is 10.7. The summed E-state index contributed by atoms with van der Waals surface area (Å²) in [5.74, 6) is 0.265. The van der Waals surface area contributed by atoms with Crippen LogP contribution in [-0.4, -0.2) is 54.5 Å². The van der Waals surface area contributed by atoms with Gasteiger partial charge in [0.05, 0.1) is 0 Å². The third-order valence-corrected chi connectivity index (χ3v) is 7.47. The quantitative estimate of drug-likeness (QED) is 0.507. The molecule has 1 aromatic rings. The fraction of sp³-hybridized carbons (Fsp3) is 0.607. The van der Waals surface area contributed by atoms with Crippen molar-refractivity contribution in [3.05, 3.63) is 52.6 Å². The van der Waals surface area contributed by atoms with E-state index in [2.05, 4.69) is 65.8 Å². The van der Waals surface area contributed by atoms with Gasteiger partial charge in [-0.05, 0) is 64.2 Å². The molecule has 0 bridgehead atoms. The van der Waals surface area contributed by atoms with Crippen LogP contribution in [0, 0.1) is 0 Å². The molecule has 0 radical (unpaired) electrons. The van der Waals surface area contributed by atoms with Crippen LogP contribution in [0.5, 0.6) is 0 Å². The lowest BCUT2D eigenvalue weighted by Crippen LogP contribution is -2.46. The molecule has 4 heteroatoms. The van der Waals surface area contributed by atoms with Crippen LogP contribution in [-0.2, 0) is 6.54 Å². The van der Waals surface area contributed by atoms with Gasteiger partial charge in [-0.1, -0.05) is 48.6 Å². The Balaban J connectivity index is 1.29. The van der Waals surface area contributed by atoms with Gasteiger partial charge in [0.25, 0.3) is 5.91 Å². The average molecular weight is 436 g/mol. The molecule has 174 valence electrons. The standard InChI is InChI=1S/C28H41N3O/c1-22(2)8-7-9-23(3)14-15-29-16-18-30(19-17-29)26-13-12-24-21-31(28(32)27(24)20-26)25-10-5-4-6-11-25/h8,12-14,20,25H,4-7,9-11,15-19,21H2,1-3H3. The first-order chi connectivity index (χ1) is 15.5. The third-order valence-electron chi connectivity index (χ3n) is 7.47. The molecular formula is C28H41N3O. The van der Waals surface area contributed by atoms with Crippen LogP contribution in [0.2, 0.25) is 0 Å². The van der Waals surface area contributed by atoms with E-state index in [4.69, 9.17) is 0 Å². The smallest absolute Gasteiger partial charge is 0.254 e. The molecule has 1 amide bonds. The second-order valence-corrected chi connectivity index (χ2v) is 10.2. The Morgan fingerprint density at radius 2 is 1.75 bits per heavy atom. The Labute approximate surface area is 195 Å². The van der Waals surface area contributed by atoms with Crippen molar-refractivity contribution in [2.24, 2.45) is 0 Å². The van der Waals surface area contributed by atoms with Crippen molar-refractivity contribution in [2.75, 3.05) is 37.6 Å². The molecule has 4 nitrogen and oxygen atoms in total. The molecule has 1 saturated heterocycles. The maximum Gasteiger partial charge on any atom is 0.254 e. The van der Waals surface area contributed by atoms with E-state index in [9.17, 15) is 4.79 Å². The predicted octanol–water partition coefficient (Wildman–Crippen LogP) is 5.79. The first-order valence-corrected chi connectivity index (χ1v) is 12.7. The highest BCUT2D eigenvalue weighted by Gasteiger charge is 2.33.